The fourth-order valence-corrected chi connectivity index (χ4v) is 4.76. The SMILES string of the molecule is CCc1ccc(S(=O)(=O)NC(C)(CC)CBr)s1. The second-order valence-electron chi connectivity index (χ2n) is 4.23. The molecule has 0 saturated carbocycles. The molecule has 1 N–H and O–H groups in total. The van der Waals surface area contributed by atoms with Crippen LogP contribution in [0.25, 0.3) is 0 Å². The van der Waals surface area contributed by atoms with Crippen molar-refractivity contribution in [3.8, 4) is 0 Å². The van der Waals surface area contributed by atoms with Crippen LogP contribution in [-0.4, -0.2) is 19.3 Å². The first-order valence-electron chi connectivity index (χ1n) is 5.55. The molecule has 0 spiro atoms. The summed E-state index contributed by atoms with van der Waals surface area (Å²) in [5, 5.41) is 0.599. The Bertz CT molecular complexity index is 464. The predicted octanol–water partition coefficient (Wildman–Crippen LogP) is 3.15. The number of halogens is 1. The molecule has 1 unspecified atom stereocenters. The maximum atomic E-state index is 12.2. The quantitative estimate of drug-likeness (QED) is 0.809. The maximum Gasteiger partial charge on any atom is 0.250 e. The van der Waals surface area contributed by atoms with E-state index in [2.05, 4.69) is 20.7 Å². The molecule has 0 radical (unpaired) electrons. The fourth-order valence-electron chi connectivity index (χ4n) is 1.26. The Hall–Kier alpha value is 0.0900. The van der Waals surface area contributed by atoms with Crippen molar-refractivity contribution in [2.45, 2.75) is 43.4 Å². The largest absolute Gasteiger partial charge is 0.250 e. The van der Waals surface area contributed by atoms with Crippen molar-refractivity contribution in [2.75, 3.05) is 5.33 Å². The number of aryl methyl sites for hydroxylation is 1. The Morgan fingerprint density at radius 1 is 1.41 bits per heavy atom. The van der Waals surface area contributed by atoms with E-state index >= 15 is 0 Å². The van der Waals surface area contributed by atoms with Gasteiger partial charge in [0, 0.05) is 15.7 Å². The van der Waals surface area contributed by atoms with Gasteiger partial charge in [-0.05, 0) is 31.9 Å². The van der Waals surface area contributed by atoms with E-state index in [0.29, 0.717) is 9.54 Å². The summed E-state index contributed by atoms with van der Waals surface area (Å²) in [6.45, 7) is 5.88. The van der Waals surface area contributed by atoms with E-state index in [9.17, 15) is 8.42 Å². The molecule has 98 valence electrons. The molecule has 0 aliphatic heterocycles. The molecule has 1 atom stereocenters. The average molecular weight is 340 g/mol. The first-order valence-corrected chi connectivity index (χ1v) is 8.97. The Kier molecular flexibility index (Phi) is 5.19. The molecular formula is C11H18BrNO2S2. The standard InChI is InChI=1S/C11H18BrNO2S2/c1-4-9-6-7-10(16-9)17(14,15)13-11(3,5-2)8-12/h6-7,13H,4-5,8H2,1-3H3. The zero-order valence-electron chi connectivity index (χ0n) is 10.3. The molecule has 17 heavy (non-hydrogen) atoms. The predicted molar refractivity (Wildman–Crippen MR) is 76.5 cm³/mol. The zero-order valence-corrected chi connectivity index (χ0v) is 13.5. The topological polar surface area (TPSA) is 46.2 Å². The third-order valence-electron chi connectivity index (χ3n) is 2.71. The molecule has 0 aromatic carbocycles. The van der Waals surface area contributed by atoms with Crippen molar-refractivity contribution in [3.63, 3.8) is 0 Å². The Labute approximate surface area is 116 Å². The number of hydrogen-bond acceptors (Lipinski definition) is 3. The smallest absolute Gasteiger partial charge is 0.206 e. The van der Waals surface area contributed by atoms with Crippen LogP contribution in [0.4, 0.5) is 0 Å². The van der Waals surface area contributed by atoms with Crippen molar-refractivity contribution < 1.29 is 8.42 Å². The summed E-state index contributed by atoms with van der Waals surface area (Å²) in [7, 11) is -3.39. The first kappa shape index (κ1) is 15.1. The van der Waals surface area contributed by atoms with Gasteiger partial charge >= 0.3 is 0 Å². The molecule has 0 amide bonds. The van der Waals surface area contributed by atoms with Crippen LogP contribution in [0.15, 0.2) is 16.3 Å². The van der Waals surface area contributed by atoms with Crippen molar-refractivity contribution in [3.05, 3.63) is 17.0 Å². The van der Waals surface area contributed by atoms with E-state index in [1.807, 2.05) is 26.8 Å². The van der Waals surface area contributed by atoms with Gasteiger partial charge in [0.25, 0.3) is 10.0 Å². The van der Waals surface area contributed by atoms with Gasteiger partial charge in [0.1, 0.15) is 4.21 Å². The summed E-state index contributed by atoms with van der Waals surface area (Å²) in [5.74, 6) is 0. The highest BCUT2D eigenvalue weighted by atomic mass is 79.9. The van der Waals surface area contributed by atoms with Gasteiger partial charge in [0.2, 0.25) is 0 Å². The normalized spacial score (nSPS) is 15.8. The van der Waals surface area contributed by atoms with Crippen LogP contribution in [-0.2, 0) is 16.4 Å². The minimum Gasteiger partial charge on any atom is -0.206 e. The number of rotatable bonds is 6. The van der Waals surface area contributed by atoms with Gasteiger partial charge in [-0.1, -0.05) is 29.8 Å². The summed E-state index contributed by atoms with van der Waals surface area (Å²) < 4.78 is 27.5. The summed E-state index contributed by atoms with van der Waals surface area (Å²) in [5.41, 5.74) is -0.435. The van der Waals surface area contributed by atoms with Gasteiger partial charge < -0.3 is 0 Å². The summed E-state index contributed by atoms with van der Waals surface area (Å²) >= 11 is 4.69. The number of nitrogens with one attached hydrogen (secondary N) is 1. The van der Waals surface area contributed by atoms with Crippen molar-refractivity contribution in [1.82, 2.24) is 4.72 Å². The summed E-state index contributed by atoms with van der Waals surface area (Å²) in [6.07, 6.45) is 1.60. The molecule has 3 nitrogen and oxygen atoms in total. The Balaban J connectivity index is 2.96. The van der Waals surface area contributed by atoms with Crippen LogP contribution in [0.1, 0.15) is 32.1 Å². The molecule has 0 bridgehead atoms. The molecule has 1 heterocycles. The molecular weight excluding hydrogens is 322 g/mol. The molecule has 1 rings (SSSR count). The van der Waals surface area contributed by atoms with Gasteiger partial charge in [-0.3, -0.25) is 0 Å². The molecule has 0 fully saturated rings. The Morgan fingerprint density at radius 2 is 2.06 bits per heavy atom. The third-order valence-corrected chi connectivity index (χ3v) is 7.30. The highest BCUT2D eigenvalue weighted by Crippen LogP contribution is 2.24. The van der Waals surface area contributed by atoms with E-state index < -0.39 is 15.6 Å². The van der Waals surface area contributed by atoms with Gasteiger partial charge in [0.15, 0.2) is 0 Å². The van der Waals surface area contributed by atoms with Gasteiger partial charge in [-0.25, -0.2) is 13.1 Å². The monoisotopic (exact) mass is 339 g/mol. The highest BCUT2D eigenvalue weighted by Gasteiger charge is 2.28. The van der Waals surface area contributed by atoms with E-state index in [4.69, 9.17) is 0 Å². The van der Waals surface area contributed by atoms with Crippen molar-refractivity contribution >= 4 is 37.3 Å². The molecule has 6 heteroatoms. The van der Waals surface area contributed by atoms with Crippen LogP contribution < -0.4 is 4.72 Å². The highest BCUT2D eigenvalue weighted by molar-refractivity contribution is 9.09. The average Bonchev–Trinajstić information content (AvgIpc) is 2.77. The van der Waals surface area contributed by atoms with E-state index in [-0.39, 0.29) is 0 Å². The lowest BCUT2D eigenvalue weighted by atomic mass is 10.0. The number of thiophene rings is 1. The molecule has 0 aliphatic carbocycles. The van der Waals surface area contributed by atoms with Crippen LogP contribution >= 0.6 is 27.3 Å². The van der Waals surface area contributed by atoms with Crippen LogP contribution in [0, 0.1) is 0 Å². The van der Waals surface area contributed by atoms with Crippen LogP contribution in [0.3, 0.4) is 0 Å². The first-order chi connectivity index (χ1) is 7.87. The lowest BCUT2D eigenvalue weighted by Crippen LogP contribution is -2.46. The summed E-state index contributed by atoms with van der Waals surface area (Å²) in [4.78, 5) is 1.09. The number of alkyl halides is 1. The van der Waals surface area contributed by atoms with Crippen LogP contribution in [0.2, 0.25) is 0 Å². The second-order valence-corrected chi connectivity index (χ2v) is 7.87. The zero-order chi connectivity index (χ0) is 13.1. The second kappa shape index (κ2) is 5.82. The van der Waals surface area contributed by atoms with E-state index in [1.54, 1.807) is 6.07 Å². The minimum absolute atomic E-state index is 0.398. The van der Waals surface area contributed by atoms with Crippen LogP contribution in [0.5, 0.6) is 0 Å². The molecule has 0 aliphatic rings. The minimum atomic E-state index is -3.39. The fraction of sp³-hybridized carbons (Fsp3) is 0.636. The molecule has 1 aromatic rings. The number of hydrogen-bond donors (Lipinski definition) is 1. The third kappa shape index (κ3) is 3.77. The number of sulfonamides is 1. The van der Waals surface area contributed by atoms with Gasteiger partial charge in [0.05, 0.1) is 0 Å². The lowest BCUT2D eigenvalue weighted by molar-refractivity contribution is 0.450. The van der Waals surface area contributed by atoms with E-state index in [1.165, 1.54) is 11.3 Å². The van der Waals surface area contributed by atoms with E-state index in [0.717, 1.165) is 17.7 Å². The maximum absolute atomic E-state index is 12.2. The van der Waals surface area contributed by atoms with Gasteiger partial charge in [-0.15, -0.1) is 11.3 Å². The van der Waals surface area contributed by atoms with Crippen molar-refractivity contribution in [2.24, 2.45) is 0 Å². The summed E-state index contributed by atoms with van der Waals surface area (Å²) in [6, 6.07) is 3.55. The Morgan fingerprint density at radius 3 is 2.47 bits per heavy atom. The molecule has 0 saturated heterocycles. The lowest BCUT2D eigenvalue weighted by Gasteiger charge is -2.26. The molecule has 1 aromatic heterocycles. The van der Waals surface area contributed by atoms with Gasteiger partial charge in [-0.2, -0.15) is 0 Å². The van der Waals surface area contributed by atoms with Crippen molar-refractivity contribution in [1.29, 1.82) is 0 Å².